The van der Waals surface area contributed by atoms with Crippen LogP contribution in [0.5, 0.6) is 0 Å². The van der Waals surface area contributed by atoms with Gasteiger partial charge in [-0.15, -0.1) is 0 Å². The number of carbonyl (C=O) groups excluding carboxylic acids is 1. The first-order valence-corrected chi connectivity index (χ1v) is 5.30. The largest absolute Gasteiger partial charge is 0.481 e. The van der Waals surface area contributed by atoms with E-state index in [-0.39, 0.29) is 11.2 Å². The molecule has 2 atom stereocenters. The number of hydrogen-bond acceptors (Lipinski definition) is 3. The van der Waals surface area contributed by atoms with E-state index in [4.69, 9.17) is 5.11 Å². The van der Waals surface area contributed by atoms with Gasteiger partial charge in [0, 0.05) is 18.4 Å². The summed E-state index contributed by atoms with van der Waals surface area (Å²) >= 11 is 0. The molecular formula is C11H15NO3. The Labute approximate surface area is 88.4 Å². The molecule has 1 aliphatic heterocycles. The van der Waals surface area contributed by atoms with Gasteiger partial charge >= 0.3 is 5.97 Å². The number of carboxylic acids is 1. The van der Waals surface area contributed by atoms with E-state index in [1.165, 1.54) is 0 Å². The molecule has 4 nitrogen and oxygen atoms in total. The summed E-state index contributed by atoms with van der Waals surface area (Å²) in [6.45, 7) is 1.34. The van der Waals surface area contributed by atoms with Crippen molar-refractivity contribution in [3.05, 3.63) is 12.2 Å². The van der Waals surface area contributed by atoms with Gasteiger partial charge in [-0.25, -0.2) is 0 Å². The predicted molar refractivity (Wildman–Crippen MR) is 54.4 cm³/mol. The predicted octanol–water partition coefficient (Wildman–Crippen LogP) is 0.586. The van der Waals surface area contributed by atoms with Gasteiger partial charge in [0.15, 0.2) is 5.78 Å². The average Bonchev–Trinajstić information content (AvgIpc) is 2.23. The Hall–Kier alpha value is -1.16. The van der Waals surface area contributed by atoms with Gasteiger partial charge in [0.05, 0.1) is 5.92 Å². The first kappa shape index (κ1) is 10.4. The molecule has 1 saturated heterocycles. The summed E-state index contributed by atoms with van der Waals surface area (Å²) in [5, 5.41) is 12.3. The van der Waals surface area contributed by atoms with Crippen molar-refractivity contribution in [3.8, 4) is 0 Å². The molecular weight excluding hydrogens is 194 g/mol. The highest BCUT2D eigenvalue weighted by Gasteiger charge is 2.44. The van der Waals surface area contributed by atoms with Crippen LogP contribution in [0.3, 0.4) is 0 Å². The van der Waals surface area contributed by atoms with Gasteiger partial charge in [-0.05, 0) is 25.5 Å². The molecule has 0 aromatic carbocycles. The summed E-state index contributed by atoms with van der Waals surface area (Å²) in [7, 11) is 0. The van der Waals surface area contributed by atoms with Crippen LogP contribution in [-0.4, -0.2) is 29.9 Å². The third kappa shape index (κ3) is 1.81. The highest BCUT2D eigenvalue weighted by Crippen LogP contribution is 2.42. The molecule has 0 aromatic heterocycles. The van der Waals surface area contributed by atoms with E-state index in [1.54, 1.807) is 6.08 Å². The van der Waals surface area contributed by atoms with E-state index in [2.05, 4.69) is 5.32 Å². The van der Waals surface area contributed by atoms with Crippen molar-refractivity contribution in [1.29, 1.82) is 0 Å². The molecule has 82 valence electrons. The Balaban J connectivity index is 2.26. The van der Waals surface area contributed by atoms with Crippen molar-refractivity contribution in [2.75, 3.05) is 13.1 Å². The zero-order valence-corrected chi connectivity index (χ0v) is 8.53. The molecule has 1 aliphatic carbocycles. The van der Waals surface area contributed by atoms with Crippen LogP contribution in [0.4, 0.5) is 0 Å². The first-order chi connectivity index (χ1) is 7.14. The van der Waals surface area contributed by atoms with Gasteiger partial charge in [-0.2, -0.15) is 0 Å². The van der Waals surface area contributed by atoms with Crippen LogP contribution in [0, 0.1) is 11.3 Å². The van der Waals surface area contributed by atoms with Crippen LogP contribution in [0.1, 0.15) is 19.3 Å². The summed E-state index contributed by atoms with van der Waals surface area (Å²) in [5.41, 5.74) is -0.287. The fourth-order valence-electron chi connectivity index (χ4n) is 2.56. The van der Waals surface area contributed by atoms with Crippen molar-refractivity contribution in [2.45, 2.75) is 19.3 Å². The minimum atomic E-state index is -0.763. The summed E-state index contributed by atoms with van der Waals surface area (Å²) < 4.78 is 0. The zero-order chi connectivity index (χ0) is 10.9. The molecule has 1 fully saturated rings. The minimum Gasteiger partial charge on any atom is -0.481 e. The summed E-state index contributed by atoms with van der Waals surface area (Å²) in [6.07, 6.45) is 5.37. The minimum absolute atomic E-state index is 0.114. The highest BCUT2D eigenvalue weighted by atomic mass is 16.4. The second kappa shape index (κ2) is 3.77. The van der Waals surface area contributed by atoms with Gasteiger partial charge < -0.3 is 10.4 Å². The van der Waals surface area contributed by atoms with Gasteiger partial charge in [-0.1, -0.05) is 6.08 Å². The third-order valence-electron chi connectivity index (χ3n) is 3.55. The smallest absolute Gasteiger partial charge is 0.308 e. The molecule has 0 aromatic rings. The normalized spacial score (nSPS) is 35.7. The number of piperidine rings is 1. The topological polar surface area (TPSA) is 66.4 Å². The summed E-state index contributed by atoms with van der Waals surface area (Å²) in [4.78, 5) is 22.3. The zero-order valence-electron chi connectivity index (χ0n) is 8.53. The third-order valence-corrected chi connectivity index (χ3v) is 3.55. The fourth-order valence-corrected chi connectivity index (χ4v) is 2.56. The maximum Gasteiger partial charge on any atom is 0.308 e. The average molecular weight is 209 g/mol. The number of allylic oxidation sites excluding steroid dienone is 2. The quantitative estimate of drug-likeness (QED) is 0.663. The molecule has 2 rings (SSSR count). The molecule has 0 bridgehead atoms. The second-order valence-electron chi connectivity index (χ2n) is 4.38. The van der Waals surface area contributed by atoms with Crippen LogP contribution in [0.15, 0.2) is 12.2 Å². The maximum absolute atomic E-state index is 11.2. The van der Waals surface area contributed by atoms with Crippen LogP contribution >= 0.6 is 0 Å². The Kier molecular flexibility index (Phi) is 2.61. The Morgan fingerprint density at radius 1 is 1.53 bits per heavy atom. The number of rotatable bonds is 1. The van der Waals surface area contributed by atoms with Crippen LogP contribution in [-0.2, 0) is 9.59 Å². The lowest BCUT2D eigenvalue weighted by molar-refractivity contribution is -0.147. The first-order valence-electron chi connectivity index (χ1n) is 5.30. The Morgan fingerprint density at radius 3 is 2.93 bits per heavy atom. The Morgan fingerprint density at radius 2 is 2.33 bits per heavy atom. The molecule has 0 saturated carbocycles. The molecule has 0 amide bonds. The molecule has 1 heterocycles. The molecule has 2 unspecified atom stereocenters. The number of nitrogens with one attached hydrogen (secondary N) is 1. The number of aliphatic carboxylic acids is 1. The second-order valence-corrected chi connectivity index (χ2v) is 4.38. The molecule has 1 spiro atoms. The van der Waals surface area contributed by atoms with Crippen molar-refractivity contribution < 1.29 is 14.7 Å². The van der Waals surface area contributed by atoms with E-state index in [0.717, 1.165) is 13.0 Å². The number of ketones is 1. The van der Waals surface area contributed by atoms with Gasteiger partial charge in [0.1, 0.15) is 0 Å². The van der Waals surface area contributed by atoms with E-state index in [0.29, 0.717) is 19.4 Å². The number of carbonyl (C=O) groups is 2. The Bertz CT molecular complexity index is 324. The number of hydrogen-bond donors (Lipinski definition) is 2. The SMILES string of the molecule is O=C1C=CC2(CCNCC2C(=O)O)CC1. The molecule has 2 aliphatic rings. The van der Waals surface area contributed by atoms with Crippen molar-refractivity contribution >= 4 is 11.8 Å². The van der Waals surface area contributed by atoms with Crippen molar-refractivity contribution in [1.82, 2.24) is 5.32 Å². The molecule has 15 heavy (non-hydrogen) atoms. The summed E-state index contributed by atoms with van der Waals surface area (Å²) in [5.74, 6) is -1.04. The van der Waals surface area contributed by atoms with Crippen molar-refractivity contribution in [3.63, 3.8) is 0 Å². The molecule has 2 N–H and O–H groups in total. The molecule has 4 heteroatoms. The number of carboxylic acid groups (broad SMARTS) is 1. The van der Waals surface area contributed by atoms with Crippen LogP contribution in [0.25, 0.3) is 0 Å². The maximum atomic E-state index is 11.2. The van der Waals surface area contributed by atoms with E-state index in [1.807, 2.05) is 6.08 Å². The van der Waals surface area contributed by atoms with Crippen molar-refractivity contribution in [2.24, 2.45) is 11.3 Å². The van der Waals surface area contributed by atoms with E-state index in [9.17, 15) is 9.59 Å². The highest BCUT2D eigenvalue weighted by molar-refractivity contribution is 5.91. The van der Waals surface area contributed by atoms with Gasteiger partial charge in [0.2, 0.25) is 0 Å². The van der Waals surface area contributed by atoms with E-state index >= 15 is 0 Å². The lowest BCUT2D eigenvalue weighted by atomic mass is 9.65. The van der Waals surface area contributed by atoms with E-state index < -0.39 is 11.9 Å². The standard InChI is InChI=1S/C11H15NO3/c13-8-1-3-11(4-2-8)5-6-12-7-9(11)10(14)15/h1,3,9,12H,2,4-7H2,(H,14,15). The lowest BCUT2D eigenvalue weighted by Gasteiger charge is -2.41. The van der Waals surface area contributed by atoms with Gasteiger partial charge in [-0.3, -0.25) is 9.59 Å². The fraction of sp³-hybridized carbons (Fsp3) is 0.636. The lowest BCUT2D eigenvalue weighted by Crippen LogP contribution is -2.48. The summed E-state index contributed by atoms with van der Waals surface area (Å²) in [6, 6.07) is 0. The molecule has 0 radical (unpaired) electrons. The van der Waals surface area contributed by atoms with Crippen LogP contribution < -0.4 is 5.32 Å². The van der Waals surface area contributed by atoms with Crippen LogP contribution in [0.2, 0.25) is 0 Å². The van der Waals surface area contributed by atoms with Gasteiger partial charge in [0.25, 0.3) is 0 Å². The monoisotopic (exact) mass is 209 g/mol.